The van der Waals surface area contributed by atoms with E-state index in [0.29, 0.717) is 31.2 Å². The SMILES string of the molecule is O=C(Cn1ccc(=O)[nH]c1=O)N1CCN(c2ccccc2Cl)CC1. The summed E-state index contributed by atoms with van der Waals surface area (Å²) < 4.78 is 1.20. The van der Waals surface area contributed by atoms with Gasteiger partial charge >= 0.3 is 5.69 Å². The molecule has 0 radical (unpaired) electrons. The van der Waals surface area contributed by atoms with Gasteiger partial charge in [0.2, 0.25) is 5.91 Å². The summed E-state index contributed by atoms with van der Waals surface area (Å²) >= 11 is 6.20. The van der Waals surface area contributed by atoms with Gasteiger partial charge in [-0.1, -0.05) is 23.7 Å². The molecule has 2 aromatic rings. The van der Waals surface area contributed by atoms with Gasteiger partial charge in [-0.3, -0.25) is 19.1 Å². The van der Waals surface area contributed by atoms with Crippen molar-refractivity contribution < 1.29 is 4.79 Å². The Labute approximate surface area is 143 Å². The molecule has 2 heterocycles. The topological polar surface area (TPSA) is 78.4 Å². The van der Waals surface area contributed by atoms with Gasteiger partial charge in [0, 0.05) is 38.4 Å². The summed E-state index contributed by atoms with van der Waals surface area (Å²) in [6.07, 6.45) is 1.33. The average Bonchev–Trinajstić information content (AvgIpc) is 2.58. The minimum atomic E-state index is -0.578. The Bertz CT molecular complexity index is 853. The Morgan fingerprint density at radius 2 is 1.79 bits per heavy atom. The zero-order valence-corrected chi connectivity index (χ0v) is 13.7. The molecule has 8 heteroatoms. The van der Waals surface area contributed by atoms with Crippen LogP contribution in [0.4, 0.5) is 5.69 Å². The van der Waals surface area contributed by atoms with Crippen molar-refractivity contribution in [2.45, 2.75) is 6.54 Å². The van der Waals surface area contributed by atoms with Crippen LogP contribution in [0.3, 0.4) is 0 Å². The Kier molecular flexibility index (Phi) is 4.71. The van der Waals surface area contributed by atoms with Crippen LogP contribution in [0.15, 0.2) is 46.1 Å². The summed E-state index contributed by atoms with van der Waals surface area (Å²) in [5, 5.41) is 0.692. The minimum absolute atomic E-state index is 0.0816. The van der Waals surface area contributed by atoms with E-state index < -0.39 is 11.2 Å². The summed E-state index contributed by atoms with van der Waals surface area (Å²) in [6.45, 7) is 2.39. The average molecular weight is 349 g/mol. The van der Waals surface area contributed by atoms with E-state index in [1.165, 1.54) is 16.8 Å². The maximum absolute atomic E-state index is 12.3. The third-order valence-electron chi connectivity index (χ3n) is 4.03. The first kappa shape index (κ1) is 16.3. The lowest BCUT2D eigenvalue weighted by molar-refractivity contribution is -0.132. The molecular weight excluding hydrogens is 332 g/mol. The number of nitrogens with one attached hydrogen (secondary N) is 1. The third-order valence-corrected chi connectivity index (χ3v) is 4.35. The first-order chi connectivity index (χ1) is 11.5. The third kappa shape index (κ3) is 3.51. The molecule has 24 heavy (non-hydrogen) atoms. The number of carbonyl (C=O) groups is 1. The van der Waals surface area contributed by atoms with Crippen LogP contribution in [-0.2, 0) is 11.3 Å². The molecule has 1 amide bonds. The van der Waals surface area contributed by atoms with Crippen LogP contribution < -0.4 is 16.1 Å². The Morgan fingerprint density at radius 1 is 1.08 bits per heavy atom. The van der Waals surface area contributed by atoms with Crippen molar-refractivity contribution >= 4 is 23.2 Å². The molecule has 3 rings (SSSR count). The highest BCUT2D eigenvalue weighted by atomic mass is 35.5. The van der Waals surface area contributed by atoms with Crippen molar-refractivity contribution in [3.8, 4) is 0 Å². The van der Waals surface area contributed by atoms with Gasteiger partial charge in [-0.15, -0.1) is 0 Å². The monoisotopic (exact) mass is 348 g/mol. The maximum atomic E-state index is 12.3. The number of halogens is 1. The van der Waals surface area contributed by atoms with Crippen LogP contribution in [0.1, 0.15) is 0 Å². The number of rotatable bonds is 3. The number of para-hydroxylation sites is 1. The lowest BCUT2D eigenvalue weighted by atomic mass is 10.2. The van der Waals surface area contributed by atoms with Crippen LogP contribution in [0.2, 0.25) is 5.02 Å². The predicted molar refractivity (Wildman–Crippen MR) is 91.6 cm³/mol. The molecule has 7 nitrogen and oxygen atoms in total. The zero-order chi connectivity index (χ0) is 17.1. The summed E-state index contributed by atoms with van der Waals surface area (Å²) in [6, 6.07) is 8.84. The van der Waals surface area contributed by atoms with Crippen molar-refractivity contribution in [1.82, 2.24) is 14.5 Å². The number of carbonyl (C=O) groups excluding carboxylic acids is 1. The summed E-state index contributed by atoms with van der Waals surface area (Å²) in [5.41, 5.74) is -0.0919. The van der Waals surface area contributed by atoms with E-state index in [0.717, 1.165) is 5.69 Å². The van der Waals surface area contributed by atoms with Gasteiger partial charge in [0.1, 0.15) is 6.54 Å². The fraction of sp³-hybridized carbons (Fsp3) is 0.312. The summed E-state index contributed by atoms with van der Waals surface area (Å²) in [7, 11) is 0. The predicted octanol–water partition coefficient (Wildman–Crippen LogP) is 0.539. The van der Waals surface area contributed by atoms with Gasteiger partial charge in [-0.2, -0.15) is 0 Å². The normalized spacial score (nSPS) is 14.7. The summed E-state index contributed by atoms with van der Waals surface area (Å²) in [4.78, 5) is 41.0. The smallest absolute Gasteiger partial charge is 0.328 e. The molecule has 126 valence electrons. The van der Waals surface area contributed by atoms with Gasteiger partial charge < -0.3 is 9.80 Å². The molecule has 0 spiro atoms. The minimum Gasteiger partial charge on any atom is -0.367 e. The number of benzene rings is 1. The molecule has 1 fully saturated rings. The number of amides is 1. The fourth-order valence-electron chi connectivity index (χ4n) is 2.72. The standard InChI is InChI=1S/C16H17ClN4O3/c17-12-3-1-2-4-13(12)19-7-9-20(10-8-19)15(23)11-21-6-5-14(22)18-16(21)24/h1-6H,7-11H2,(H,18,22,24). The molecule has 1 aliphatic heterocycles. The molecule has 0 unspecified atom stereocenters. The molecule has 1 N–H and O–H groups in total. The van der Waals surface area contributed by atoms with Gasteiger partial charge in [0.05, 0.1) is 10.7 Å². The van der Waals surface area contributed by atoms with E-state index in [9.17, 15) is 14.4 Å². The second kappa shape index (κ2) is 6.92. The van der Waals surface area contributed by atoms with E-state index >= 15 is 0 Å². The van der Waals surface area contributed by atoms with Crippen molar-refractivity contribution in [3.63, 3.8) is 0 Å². The number of aromatic nitrogens is 2. The second-order valence-corrected chi connectivity index (χ2v) is 5.96. The van der Waals surface area contributed by atoms with Crippen molar-refractivity contribution in [1.29, 1.82) is 0 Å². The molecule has 1 aromatic heterocycles. The van der Waals surface area contributed by atoms with E-state index in [1.807, 2.05) is 24.3 Å². The Hall–Kier alpha value is -2.54. The van der Waals surface area contributed by atoms with E-state index in [2.05, 4.69) is 9.88 Å². The van der Waals surface area contributed by atoms with E-state index in [1.54, 1.807) is 4.90 Å². The van der Waals surface area contributed by atoms with E-state index in [4.69, 9.17) is 11.6 Å². The van der Waals surface area contributed by atoms with Crippen LogP contribution >= 0.6 is 11.6 Å². The Balaban J connectivity index is 1.62. The molecule has 1 aromatic carbocycles. The van der Waals surface area contributed by atoms with Gasteiger partial charge in [0.25, 0.3) is 5.56 Å². The van der Waals surface area contributed by atoms with Crippen LogP contribution in [0, 0.1) is 0 Å². The molecule has 1 saturated heterocycles. The van der Waals surface area contributed by atoms with Crippen LogP contribution in [0.5, 0.6) is 0 Å². The van der Waals surface area contributed by atoms with Gasteiger partial charge in [-0.25, -0.2) is 4.79 Å². The molecule has 0 bridgehead atoms. The number of hydrogen-bond donors (Lipinski definition) is 1. The van der Waals surface area contributed by atoms with E-state index in [-0.39, 0.29) is 12.5 Å². The van der Waals surface area contributed by atoms with Crippen molar-refractivity contribution in [3.05, 3.63) is 62.4 Å². The number of piperazine rings is 1. The van der Waals surface area contributed by atoms with Gasteiger partial charge in [0.15, 0.2) is 0 Å². The first-order valence-corrected chi connectivity index (χ1v) is 7.99. The highest BCUT2D eigenvalue weighted by molar-refractivity contribution is 6.33. The molecule has 0 atom stereocenters. The molecule has 1 aliphatic rings. The Morgan fingerprint density at radius 3 is 2.46 bits per heavy atom. The first-order valence-electron chi connectivity index (χ1n) is 7.61. The largest absolute Gasteiger partial charge is 0.367 e. The van der Waals surface area contributed by atoms with Crippen molar-refractivity contribution in [2.75, 3.05) is 31.1 Å². The number of nitrogens with zero attached hydrogens (tertiary/aromatic N) is 3. The molecule has 0 saturated carbocycles. The quantitative estimate of drug-likeness (QED) is 0.878. The fourth-order valence-corrected chi connectivity index (χ4v) is 2.97. The second-order valence-electron chi connectivity index (χ2n) is 5.56. The number of aromatic amines is 1. The highest BCUT2D eigenvalue weighted by Crippen LogP contribution is 2.25. The number of anilines is 1. The zero-order valence-electron chi connectivity index (χ0n) is 12.9. The lowest BCUT2D eigenvalue weighted by Crippen LogP contribution is -2.50. The number of hydrogen-bond acceptors (Lipinski definition) is 4. The maximum Gasteiger partial charge on any atom is 0.328 e. The van der Waals surface area contributed by atoms with Gasteiger partial charge in [-0.05, 0) is 12.1 Å². The van der Waals surface area contributed by atoms with Crippen LogP contribution in [0.25, 0.3) is 0 Å². The molecule has 0 aliphatic carbocycles. The lowest BCUT2D eigenvalue weighted by Gasteiger charge is -2.36. The summed E-state index contributed by atoms with van der Waals surface area (Å²) in [5.74, 6) is -0.150. The van der Waals surface area contributed by atoms with Crippen LogP contribution in [-0.4, -0.2) is 46.5 Å². The highest BCUT2D eigenvalue weighted by Gasteiger charge is 2.22. The number of H-pyrrole nitrogens is 1. The van der Waals surface area contributed by atoms with Crippen molar-refractivity contribution in [2.24, 2.45) is 0 Å². The molecular formula is C16H17ClN4O3.